The Morgan fingerprint density at radius 1 is 0.727 bits per heavy atom. The minimum Gasteiger partial charge on any atom is -0.379 e. The highest BCUT2D eigenvalue weighted by atomic mass is 16.5. The van der Waals surface area contributed by atoms with Gasteiger partial charge >= 0.3 is 0 Å². The SMILES string of the molecule is CC/C=C/C/C=C/C/C=C/C/C=C/C/C=C/C/C=C/CCC(=O)N1CC(N2CCOCC2)C1. The monoisotopic (exact) mass is 452 g/mol. The molecule has 33 heavy (non-hydrogen) atoms. The highest BCUT2D eigenvalue weighted by molar-refractivity contribution is 5.77. The number of ether oxygens (including phenoxy) is 1. The summed E-state index contributed by atoms with van der Waals surface area (Å²) < 4.78 is 5.40. The van der Waals surface area contributed by atoms with E-state index >= 15 is 0 Å². The molecule has 2 rings (SSSR count). The van der Waals surface area contributed by atoms with E-state index in [1.807, 2.05) is 4.90 Å². The number of likely N-dealkylation sites (tertiary alicyclic amines) is 1. The molecule has 4 heteroatoms. The number of allylic oxidation sites excluding steroid dienone is 12. The second kappa shape index (κ2) is 18.3. The van der Waals surface area contributed by atoms with Gasteiger partial charge in [-0.3, -0.25) is 9.69 Å². The first-order chi connectivity index (χ1) is 16.3. The Labute approximate surface area is 202 Å². The fourth-order valence-electron chi connectivity index (χ4n) is 3.84. The predicted molar refractivity (Wildman–Crippen MR) is 140 cm³/mol. The molecule has 0 spiro atoms. The standard InChI is InChI=1S/C29H44N2O2/c1-2-3-4-5-6-7-8-9-10-11-12-13-14-15-16-17-18-19-20-21-29(32)31-26-28(27-31)30-22-24-33-25-23-30/h3-4,6-7,9-10,12-13,15-16,18-19,28H,2,5,8,11,14,17,20-27H2,1H3/b4-3+,7-6+,10-9+,13-12+,16-15+,19-18+. The lowest BCUT2D eigenvalue weighted by Crippen LogP contribution is -2.62. The molecule has 182 valence electrons. The van der Waals surface area contributed by atoms with Crippen LogP contribution in [0.2, 0.25) is 0 Å². The lowest BCUT2D eigenvalue weighted by atomic mass is 10.1. The van der Waals surface area contributed by atoms with Crippen molar-refractivity contribution in [3.05, 3.63) is 72.9 Å². The van der Waals surface area contributed by atoms with Gasteiger partial charge in [-0.2, -0.15) is 0 Å². The van der Waals surface area contributed by atoms with Crippen molar-refractivity contribution in [2.24, 2.45) is 0 Å². The summed E-state index contributed by atoms with van der Waals surface area (Å²) in [5.41, 5.74) is 0. The zero-order valence-corrected chi connectivity index (χ0v) is 20.6. The van der Waals surface area contributed by atoms with Crippen molar-refractivity contribution in [1.29, 1.82) is 0 Å². The number of nitrogens with zero attached hydrogens (tertiary/aromatic N) is 2. The molecule has 2 aliphatic heterocycles. The average Bonchev–Trinajstić information content (AvgIpc) is 2.80. The fraction of sp³-hybridized carbons (Fsp3) is 0.552. The first kappa shape index (κ1) is 27.1. The lowest BCUT2D eigenvalue weighted by Gasteiger charge is -2.46. The van der Waals surface area contributed by atoms with Gasteiger partial charge in [-0.15, -0.1) is 0 Å². The lowest BCUT2D eigenvalue weighted by molar-refractivity contribution is -0.139. The quantitative estimate of drug-likeness (QED) is 0.285. The highest BCUT2D eigenvalue weighted by Gasteiger charge is 2.34. The normalized spacial score (nSPS) is 18.9. The largest absolute Gasteiger partial charge is 0.379 e. The van der Waals surface area contributed by atoms with Gasteiger partial charge in [-0.05, 0) is 44.9 Å². The summed E-state index contributed by atoms with van der Waals surface area (Å²) in [6.07, 6.45) is 34.0. The molecule has 0 saturated carbocycles. The topological polar surface area (TPSA) is 32.8 Å². The van der Waals surface area contributed by atoms with Crippen LogP contribution in [0.25, 0.3) is 0 Å². The van der Waals surface area contributed by atoms with E-state index in [1.54, 1.807) is 0 Å². The van der Waals surface area contributed by atoms with E-state index in [-0.39, 0.29) is 0 Å². The van der Waals surface area contributed by atoms with Gasteiger partial charge in [0.15, 0.2) is 0 Å². The first-order valence-corrected chi connectivity index (χ1v) is 12.8. The van der Waals surface area contributed by atoms with E-state index < -0.39 is 0 Å². The van der Waals surface area contributed by atoms with Crippen molar-refractivity contribution in [3.8, 4) is 0 Å². The summed E-state index contributed by atoms with van der Waals surface area (Å²) in [7, 11) is 0. The average molecular weight is 453 g/mol. The maximum absolute atomic E-state index is 12.3. The van der Waals surface area contributed by atoms with Crippen LogP contribution in [0.1, 0.15) is 58.3 Å². The van der Waals surface area contributed by atoms with Gasteiger partial charge in [0.1, 0.15) is 0 Å². The Morgan fingerprint density at radius 3 is 1.67 bits per heavy atom. The van der Waals surface area contributed by atoms with E-state index in [2.05, 4.69) is 84.7 Å². The van der Waals surface area contributed by atoms with E-state index in [0.717, 1.165) is 84.3 Å². The Hall–Kier alpha value is -2.17. The Bertz CT molecular complexity index is 690. The van der Waals surface area contributed by atoms with Crippen LogP contribution in [0.5, 0.6) is 0 Å². The molecule has 4 nitrogen and oxygen atoms in total. The molecule has 0 unspecified atom stereocenters. The Balaban J connectivity index is 1.40. The van der Waals surface area contributed by atoms with Crippen molar-refractivity contribution >= 4 is 5.91 Å². The van der Waals surface area contributed by atoms with Crippen LogP contribution in [0.15, 0.2) is 72.9 Å². The molecule has 2 fully saturated rings. The Kier molecular flexibility index (Phi) is 15.0. The van der Waals surface area contributed by atoms with Crippen LogP contribution in [-0.2, 0) is 9.53 Å². The molecule has 2 heterocycles. The molecule has 1 amide bonds. The molecule has 0 N–H and O–H groups in total. The molecule has 0 aromatic rings. The second-order valence-corrected chi connectivity index (χ2v) is 8.55. The minimum atomic E-state index is 0.291. The van der Waals surface area contributed by atoms with Crippen molar-refractivity contribution in [2.45, 2.75) is 64.3 Å². The number of carbonyl (C=O) groups excluding carboxylic acids is 1. The third kappa shape index (κ3) is 12.6. The maximum atomic E-state index is 12.3. The van der Waals surface area contributed by atoms with Gasteiger partial charge in [-0.1, -0.05) is 79.8 Å². The smallest absolute Gasteiger partial charge is 0.222 e. The van der Waals surface area contributed by atoms with Crippen LogP contribution in [-0.4, -0.2) is 61.1 Å². The number of hydrogen-bond acceptors (Lipinski definition) is 3. The summed E-state index contributed by atoms with van der Waals surface area (Å²) in [5, 5.41) is 0. The number of rotatable bonds is 15. The molecule has 2 aliphatic rings. The van der Waals surface area contributed by atoms with Gasteiger partial charge in [0.2, 0.25) is 5.91 Å². The Morgan fingerprint density at radius 2 is 1.18 bits per heavy atom. The minimum absolute atomic E-state index is 0.291. The number of morpholine rings is 1. The molecule has 2 saturated heterocycles. The zero-order chi connectivity index (χ0) is 23.4. The number of carbonyl (C=O) groups is 1. The first-order valence-electron chi connectivity index (χ1n) is 12.8. The predicted octanol–water partition coefficient (Wildman–Crippen LogP) is 6.01. The van der Waals surface area contributed by atoms with Gasteiger partial charge in [-0.25, -0.2) is 0 Å². The summed E-state index contributed by atoms with van der Waals surface area (Å²) in [4.78, 5) is 16.7. The molecule has 0 aliphatic carbocycles. The van der Waals surface area contributed by atoms with Crippen LogP contribution in [0.3, 0.4) is 0 Å². The summed E-state index contributed by atoms with van der Waals surface area (Å²) in [5.74, 6) is 0.291. The number of amides is 1. The van der Waals surface area contributed by atoms with Crippen molar-refractivity contribution in [2.75, 3.05) is 39.4 Å². The van der Waals surface area contributed by atoms with Crippen LogP contribution in [0.4, 0.5) is 0 Å². The molecular formula is C29H44N2O2. The number of hydrogen-bond donors (Lipinski definition) is 0. The van der Waals surface area contributed by atoms with E-state index in [0.29, 0.717) is 18.4 Å². The van der Waals surface area contributed by atoms with E-state index in [1.165, 1.54) is 0 Å². The van der Waals surface area contributed by atoms with Crippen molar-refractivity contribution < 1.29 is 9.53 Å². The molecule has 0 atom stereocenters. The highest BCUT2D eigenvalue weighted by Crippen LogP contribution is 2.17. The maximum Gasteiger partial charge on any atom is 0.222 e. The molecule has 0 bridgehead atoms. The van der Waals surface area contributed by atoms with Crippen molar-refractivity contribution in [3.63, 3.8) is 0 Å². The molecule has 0 radical (unpaired) electrons. The van der Waals surface area contributed by atoms with Crippen molar-refractivity contribution in [1.82, 2.24) is 9.80 Å². The van der Waals surface area contributed by atoms with Crippen LogP contribution >= 0.6 is 0 Å². The summed E-state index contributed by atoms with van der Waals surface area (Å²) in [6.45, 7) is 7.60. The van der Waals surface area contributed by atoms with Gasteiger partial charge in [0, 0.05) is 38.6 Å². The fourth-order valence-corrected chi connectivity index (χ4v) is 3.84. The van der Waals surface area contributed by atoms with E-state index in [9.17, 15) is 4.79 Å². The molecular weight excluding hydrogens is 408 g/mol. The molecule has 0 aromatic heterocycles. The summed E-state index contributed by atoms with van der Waals surface area (Å²) >= 11 is 0. The molecule has 0 aromatic carbocycles. The summed E-state index contributed by atoms with van der Waals surface area (Å²) in [6, 6.07) is 0.545. The second-order valence-electron chi connectivity index (χ2n) is 8.55. The third-order valence-corrected chi connectivity index (χ3v) is 5.90. The van der Waals surface area contributed by atoms with Gasteiger partial charge in [0.05, 0.1) is 13.2 Å². The van der Waals surface area contributed by atoms with Gasteiger partial charge < -0.3 is 9.64 Å². The van der Waals surface area contributed by atoms with Crippen LogP contribution < -0.4 is 0 Å². The van der Waals surface area contributed by atoms with E-state index in [4.69, 9.17) is 4.74 Å². The van der Waals surface area contributed by atoms with Gasteiger partial charge in [0.25, 0.3) is 0 Å². The third-order valence-electron chi connectivity index (χ3n) is 5.90. The zero-order valence-electron chi connectivity index (χ0n) is 20.6. The van der Waals surface area contributed by atoms with Crippen LogP contribution in [0, 0.1) is 0 Å².